The summed E-state index contributed by atoms with van der Waals surface area (Å²) in [6.07, 6.45) is 0. The molecule has 0 aliphatic carbocycles. The molecule has 1 fully saturated rings. The fourth-order valence-electron chi connectivity index (χ4n) is 2.76. The number of hydrogen-bond acceptors (Lipinski definition) is 3. The van der Waals surface area contributed by atoms with Crippen LogP contribution >= 0.6 is 11.3 Å². The summed E-state index contributed by atoms with van der Waals surface area (Å²) in [6, 6.07) is 9.38. The Labute approximate surface area is 123 Å². The number of nitrogens with one attached hydrogen (secondary N) is 1. The zero-order chi connectivity index (χ0) is 13.9. The van der Waals surface area contributed by atoms with Crippen molar-refractivity contribution in [3.05, 3.63) is 57.5 Å². The minimum Gasteiger partial charge on any atom is -0.314 e. The van der Waals surface area contributed by atoms with Crippen molar-refractivity contribution >= 4 is 11.3 Å². The largest absolute Gasteiger partial charge is 0.314 e. The Bertz CT molecular complexity index is 575. The Morgan fingerprint density at radius 1 is 1.25 bits per heavy atom. The quantitative estimate of drug-likeness (QED) is 0.934. The predicted molar refractivity (Wildman–Crippen MR) is 81.7 cm³/mol. The van der Waals surface area contributed by atoms with Gasteiger partial charge in [0.05, 0.1) is 6.04 Å². The van der Waals surface area contributed by atoms with E-state index in [1.165, 1.54) is 10.4 Å². The second-order valence-electron chi connectivity index (χ2n) is 5.24. The molecule has 0 bridgehead atoms. The maximum Gasteiger partial charge on any atom is 0.128 e. The molecule has 1 aliphatic heterocycles. The van der Waals surface area contributed by atoms with Crippen molar-refractivity contribution in [2.24, 2.45) is 0 Å². The Kier molecular flexibility index (Phi) is 4.15. The minimum absolute atomic E-state index is 0.0389. The van der Waals surface area contributed by atoms with E-state index in [4.69, 9.17) is 0 Å². The van der Waals surface area contributed by atoms with Crippen molar-refractivity contribution in [3.63, 3.8) is 0 Å². The molecule has 1 aromatic heterocycles. The van der Waals surface area contributed by atoms with Crippen LogP contribution in [-0.4, -0.2) is 31.1 Å². The first-order valence-corrected chi connectivity index (χ1v) is 7.88. The molecule has 0 amide bonds. The number of nitrogens with zero attached hydrogens (tertiary/aromatic N) is 1. The molecular formula is C16H19FN2S. The van der Waals surface area contributed by atoms with Crippen molar-refractivity contribution in [1.29, 1.82) is 0 Å². The number of aryl methyl sites for hydroxylation is 1. The molecule has 1 aliphatic rings. The molecule has 3 rings (SSSR count). The van der Waals surface area contributed by atoms with Crippen molar-refractivity contribution in [2.75, 3.05) is 26.2 Å². The highest BCUT2D eigenvalue weighted by Crippen LogP contribution is 2.34. The molecule has 1 unspecified atom stereocenters. The summed E-state index contributed by atoms with van der Waals surface area (Å²) in [6.45, 7) is 5.94. The zero-order valence-corrected chi connectivity index (χ0v) is 12.4. The van der Waals surface area contributed by atoms with Crippen LogP contribution in [0, 0.1) is 12.7 Å². The Hall–Kier alpha value is -1.23. The molecule has 0 radical (unpaired) electrons. The molecule has 1 aromatic carbocycles. The highest BCUT2D eigenvalue weighted by molar-refractivity contribution is 7.10. The lowest BCUT2D eigenvalue weighted by Crippen LogP contribution is -2.45. The first-order valence-electron chi connectivity index (χ1n) is 7.00. The van der Waals surface area contributed by atoms with Gasteiger partial charge in [-0.15, -0.1) is 11.3 Å². The molecule has 2 nitrogen and oxygen atoms in total. The Balaban J connectivity index is 2.01. The van der Waals surface area contributed by atoms with Crippen LogP contribution in [0.1, 0.15) is 22.0 Å². The molecule has 1 atom stereocenters. The molecule has 2 aromatic rings. The number of rotatable bonds is 3. The molecule has 2 heterocycles. The van der Waals surface area contributed by atoms with Gasteiger partial charge in [-0.05, 0) is 30.0 Å². The molecular weight excluding hydrogens is 271 g/mol. The third kappa shape index (κ3) is 2.77. The normalized spacial score (nSPS) is 18.1. The van der Waals surface area contributed by atoms with Crippen LogP contribution in [0.15, 0.2) is 35.7 Å². The van der Waals surface area contributed by atoms with Crippen LogP contribution < -0.4 is 5.32 Å². The van der Waals surface area contributed by atoms with Gasteiger partial charge in [-0.3, -0.25) is 4.90 Å². The van der Waals surface area contributed by atoms with E-state index in [-0.39, 0.29) is 11.9 Å². The summed E-state index contributed by atoms with van der Waals surface area (Å²) in [5.74, 6) is -0.109. The number of halogens is 1. The van der Waals surface area contributed by atoms with E-state index in [0.717, 1.165) is 31.7 Å². The first-order chi connectivity index (χ1) is 9.75. The first kappa shape index (κ1) is 13.7. The van der Waals surface area contributed by atoms with Crippen LogP contribution in [0.25, 0.3) is 0 Å². The topological polar surface area (TPSA) is 15.3 Å². The second kappa shape index (κ2) is 6.04. The van der Waals surface area contributed by atoms with E-state index in [2.05, 4.69) is 28.6 Å². The van der Waals surface area contributed by atoms with Crippen molar-refractivity contribution in [3.8, 4) is 0 Å². The van der Waals surface area contributed by atoms with E-state index in [0.29, 0.717) is 0 Å². The molecule has 1 N–H and O–H groups in total. The lowest BCUT2D eigenvalue weighted by molar-refractivity contribution is 0.197. The van der Waals surface area contributed by atoms with Gasteiger partial charge in [-0.2, -0.15) is 0 Å². The molecule has 0 saturated carbocycles. The highest BCUT2D eigenvalue weighted by Gasteiger charge is 2.26. The van der Waals surface area contributed by atoms with Crippen LogP contribution in [0.5, 0.6) is 0 Å². The van der Waals surface area contributed by atoms with Gasteiger partial charge in [0.2, 0.25) is 0 Å². The van der Waals surface area contributed by atoms with E-state index in [1.807, 2.05) is 12.1 Å². The molecule has 1 saturated heterocycles. The maximum atomic E-state index is 14.2. The predicted octanol–water partition coefficient (Wildman–Crippen LogP) is 3.19. The summed E-state index contributed by atoms with van der Waals surface area (Å²) in [5.41, 5.74) is 2.04. The maximum absolute atomic E-state index is 14.2. The van der Waals surface area contributed by atoms with Crippen LogP contribution in [0.4, 0.5) is 4.39 Å². The summed E-state index contributed by atoms with van der Waals surface area (Å²) < 4.78 is 14.2. The average Bonchev–Trinajstić information content (AvgIpc) is 2.89. The van der Waals surface area contributed by atoms with Crippen LogP contribution in [0.2, 0.25) is 0 Å². The van der Waals surface area contributed by atoms with Gasteiger partial charge in [0.25, 0.3) is 0 Å². The van der Waals surface area contributed by atoms with Gasteiger partial charge in [-0.1, -0.05) is 18.2 Å². The molecule has 0 spiro atoms. The Morgan fingerprint density at radius 3 is 2.65 bits per heavy atom. The third-order valence-corrected chi connectivity index (χ3v) is 4.84. The van der Waals surface area contributed by atoms with Crippen molar-refractivity contribution in [1.82, 2.24) is 10.2 Å². The molecule has 20 heavy (non-hydrogen) atoms. The van der Waals surface area contributed by atoms with Crippen LogP contribution in [0.3, 0.4) is 0 Å². The summed E-state index contributed by atoms with van der Waals surface area (Å²) >= 11 is 1.73. The summed E-state index contributed by atoms with van der Waals surface area (Å²) in [4.78, 5) is 3.61. The number of thiophene rings is 1. The third-order valence-electron chi connectivity index (χ3n) is 3.74. The minimum atomic E-state index is -0.109. The van der Waals surface area contributed by atoms with Gasteiger partial charge in [0.1, 0.15) is 5.82 Å². The smallest absolute Gasteiger partial charge is 0.128 e. The summed E-state index contributed by atoms with van der Waals surface area (Å²) in [7, 11) is 0. The highest BCUT2D eigenvalue weighted by atomic mass is 32.1. The van der Waals surface area contributed by atoms with E-state index < -0.39 is 0 Å². The lowest BCUT2D eigenvalue weighted by atomic mass is 10.0. The molecule has 106 valence electrons. The van der Waals surface area contributed by atoms with Gasteiger partial charge in [0.15, 0.2) is 0 Å². The number of hydrogen-bond donors (Lipinski definition) is 1. The van der Waals surface area contributed by atoms with Crippen LogP contribution in [-0.2, 0) is 0 Å². The monoisotopic (exact) mass is 290 g/mol. The number of benzene rings is 1. The average molecular weight is 290 g/mol. The van der Waals surface area contributed by atoms with Crippen molar-refractivity contribution < 1.29 is 4.39 Å². The number of piperazine rings is 1. The zero-order valence-electron chi connectivity index (χ0n) is 11.6. The van der Waals surface area contributed by atoms with E-state index in [1.54, 1.807) is 23.5 Å². The fourth-order valence-corrected chi connectivity index (χ4v) is 3.81. The summed E-state index contributed by atoms with van der Waals surface area (Å²) in [5, 5.41) is 5.50. The van der Waals surface area contributed by atoms with E-state index in [9.17, 15) is 4.39 Å². The fraction of sp³-hybridized carbons (Fsp3) is 0.375. The lowest BCUT2D eigenvalue weighted by Gasteiger charge is -2.34. The van der Waals surface area contributed by atoms with Crippen molar-refractivity contribution in [2.45, 2.75) is 13.0 Å². The molecule has 4 heteroatoms. The standard InChI is InChI=1S/C16H19FN2S/c1-12-10-15(20-11-12)16(19-8-6-18-7-9-19)13-4-2-3-5-14(13)17/h2-5,10-11,16,18H,6-9H2,1H3. The van der Waals surface area contributed by atoms with Gasteiger partial charge in [-0.25, -0.2) is 4.39 Å². The van der Waals surface area contributed by atoms with Gasteiger partial charge in [0, 0.05) is 36.6 Å². The second-order valence-corrected chi connectivity index (χ2v) is 6.18. The Morgan fingerprint density at radius 2 is 2.00 bits per heavy atom. The van der Waals surface area contributed by atoms with Gasteiger partial charge >= 0.3 is 0 Å². The SMILES string of the molecule is Cc1csc(C(c2ccccc2F)N2CCNCC2)c1. The van der Waals surface area contributed by atoms with E-state index >= 15 is 0 Å². The van der Waals surface area contributed by atoms with Gasteiger partial charge < -0.3 is 5.32 Å².